The van der Waals surface area contributed by atoms with E-state index < -0.39 is 30.3 Å². The third-order valence-electron chi connectivity index (χ3n) is 5.60. The topological polar surface area (TPSA) is 103 Å². The number of alkyl carbamates (subject to hydrolysis) is 1. The fourth-order valence-electron chi connectivity index (χ4n) is 3.98. The first-order valence-electron chi connectivity index (χ1n) is 11.9. The van der Waals surface area contributed by atoms with Crippen LogP contribution in [-0.2, 0) is 25.5 Å². The van der Waals surface area contributed by atoms with Gasteiger partial charge in [-0.1, -0.05) is 12.1 Å². The molecule has 2 amide bonds. The van der Waals surface area contributed by atoms with Crippen LogP contribution in [0.1, 0.15) is 58.9 Å². The van der Waals surface area contributed by atoms with Gasteiger partial charge in [0.05, 0.1) is 6.61 Å². The summed E-state index contributed by atoms with van der Waals surface area (Å²) < 4.78 is 39.8. The predicted molar refractivity (Wildman–Crippen MR) is 125 cm³/mol. The summed E-state index contributed by atoms with van der Waals surface area (Å²) in [5, 5.41) is 5.56. The number of amides is 2. The van der Waals surface area contributed by atoms with Crippen LogP contribution in [-0.4, -0.2) is 49.4 Å². The molecule has 10 heteroatoms. The maximum absolute atomic E-state index is 12.9. The molecular weight excluding hydrogens is 462 g/mol. The number of nitrogens with one attached hydrogen (secondary N) is 2. The average Bonchev–Trinajstić information content (AvgIpc) is 2.76. The van der Waals surface area contributed by atoms with Crippen molar-refractivity contribution in [2.45, 2.75) is 78.1 Å². The second-order valence-electron chi connectivity index (χ2n) is 9.64. The van der Waals surface area contributed by atoms with Gasteiger partial charge in [-0.3, -0.25) is 4.79 Å². The lowest BCUT2D eigenvalue weighted by atomic mass is 9.81. The van der Waals surface area contributed by atoms with Crippen LogP contribution in [0.4, 0.5) is 13.6 Å². The van der Waals surface area contributed by atoms with Crippen LogP contribution in [0.3, 0.4) is 0 Å². The number of rotatable bonds is 10. The van der Waals surface area contributed by atoms with E-state index in [0.29, 0.717) is 24.9 Å². The van der Waals surface area contributed by atoms with Crippen LogP contribution in [0, 0.1) is 11.8 Å². The SMILES string of the molecule is CCOC(=O)C(Cc1cccc(OC(F)F)c1)NC(=O)C1CCC(CNC(=O)OC(C)(C)C)CC1. The number of ether oxygens (including phenoxy) is 3. The van der Waals surface area contributed by atoms with Crippen molar-refractivity contribution in [2.24, 2.45) is 11.8 Å². The normalized spacial score (nSPS) is 18.9. The maximum atomic E-state index is 12.9. The molecule has 0 saturated heterocycles. The molecule has 1 atom stereocenters. The summed E-state index contributed by atoms with van der Waals surface area (Å²) in [4.78, 5) is 37.3. The second kappa shape index (κ2) is 13.3. The van der Waals surface area contributed by atoms with E-state index in [0.717, 1.165) is 12.8 Å². The smallest absolute Gasteiger partial charge is 0.407 e. The van der Waals surface area contributed by atoms with E-state index in [1.807, 2.05) is 0 Å². The molecule has 0 radical (unpaired) electrons. The van der Waals surface area contributed by atoms with Crippen LogP contribution < -0.4 is 15.4 Å². The van der Waals surface area contributed by atoms with Gasteiger partial charge in [0.2, 0.25) is 5.91 Å². The lowest BCUT2D eigenvalue weighted by Crippen LogP contribution is -2.46. The van der Waals surface area contributed by atoms with Crippen molar-refractivity contribution >= 4 is 18.0 Å². The van der Waals surface area contributed by atoms with Crippen LogP contribution >= 0.6 is 0 Å². The monoisotopic (exact) mass is 498 g/mol. The molecule has 1 unspecified atom stereocenters. The molecule has 0 heterocycles. The Morgan fingerprint density at radius 3 is 2.40 bits per heavy atom. The standard InChI is InChI=1S/C25H36F2N2O6/c1-5-33-22(31)20(14-17-7-6-8-19(13-17)34-23(26)27)29-21(30)18-11-9-16(10-12-18)15-28-24(32)35-25(2,3)4/h6-8,13,16,18,20,23H,5,9-12,14-15H2,1-4H3,(H,28,32)(H,29,30). The molecular formula is C25H36F2N2O6. The minimum absolute atomic E-state index is 0.0234. The number of carbonyl (C=O) groups excluding carboxylic acids is 3. The molecule has 0 spiro atoms. The number of hydrogen-bond donors (Lipinski definition) is 2. The minimum atomic E-state index is -2.96. The largest absolute Gasteiger partial charge is 0.464 e. The zero-order valence-electron chi connectivity index (χ0n) is 20.8. The molecule has 1 saturated carbocycles. The number of esters is 1. The fourth-order valence-corrected chi connectivity index (χ4v) is 3.98. The lowest BCUT2D eigenvalue weighted by molar-refractivity contribution is -0.148. The minimum Gasteiger partial charge on any atom is -0.464 e. The first kappa shape index (κ1) is 28.3. The zero-order chi connectivity index (χ0) is 26.0. The van der Waals surface area contributed by atoms with Gasteiger partial charge >= 0.3 is 18.7 Å². The quantitative estimate of drug-likeness (QED) is 0.469. The number of alkyl halides is 2. The fraction of sp³-hybridized carbons (Fsp3) is 0.640. The Balaban J connectivity index is 1.90. The second-order valence-corrected chi connectivity index (χ2v) is 9.64. The van der Waals surface area contributed by atoms with Crippen molar-refractivity contribution in [1.29, 1.82) is 0 Å². The molecule has 0 bridgehead atoms. The molecule has 1 aliphatic carbocycles. The molecule has 196 valence electrons. The van der Waals surface area contributed by atoms with Gasteiger partial charge in [0.1, 0.15) is 17.4 Å². The Kier molecular flexibility index (Phi) is 10.7. The van der Waals surface area contributed by atoms with E-state index in [9.17, 15) is 23.2 Å². The highest BCUT2D eigenvalue weighted by atomic mass is 19.3. The Labute approximate surface area is 205 Å². The first-order valence-corrected chi connectivity index (χ1v) is 11.9. The molecule has 1 aromatic rings. The van der Waals surface area contributed by atoms with E-state index in [-0.39, 0.29) is 36.5 Å². The summed E-state index contributed by atoms with van der Waals surface area (Å²) in [5.41, 5.74) is -0.00884. The van der Waals surface area contributed by atoms with Gasteiger partial charge < -0.3 is 24.8 Å². The van der Waals surface area contributed by atoms with Crippen molar-refractivity contribution in [2.75, 3.05) is 13.2 Å². The summed E-state index contributed by atoms with van der Waals surface area (Å²) in [6, 6.07) is 5.07. The van der Waals surface area contributed by atoms with Gasteiger partial charge in [-0.2, -0.15) is 8.78 Å². The molecule has 1 aliphatic rings. The number of carbonyl (C=O) groups is 3. The average molecular weight is 499 g/mol. The lowest BCUT2D eigenvalue weighted by Gasteiger charge is -2.29. The third-order valence-corrected chi connectivity index (χ3v) is 5.60. The van der Waals surface area contributed by atoms with Gasteiger partial charge in [0.25, 0.3) is 0 Å². The summed E-state index contributed by atoms with van der Waals surface area (Å²) in [7, 11) is 0. The van der Waals surface area contributed by atoms with Crippen LogP contribution in [0.2, 0.25) is 0 Å². The van der Waals surface area contributed by atoms with Crippen molar-refractivity contribution in [3.05, 3.63) is 29.8 Å². The summed E-state index contributed by atoms with van der Waals surface area (Å²) in [6.07, 6.45) is 2.38. The molecule has 0 aromatic heterocycles. The molecule has 35 heavy (non-hydrogen) atoms. The van der Waals surface area contributed by atoms with Gasteiger partial charge in [-0.25, -0.2) is 9.59 Å². The molecule has 1 fully saturated rings. The van der Waals surface area contributed by atoms with E-state index in [4.69, 9.17) is 9.47 Å². The number of hydrogen-bond acceptors (Lipinski definition) is 6. The van der Waals surface area contributed by atoms with Crippen LogP contribution in [0.25, 0.3) is 0 Å². The third kappa shape index (κ3) is 10.5. The Hall–Kier alpha value is -2.91. The van der Waals surface area contributed by atoms with Crippen molar-refractivity contribution in [3.8, 4) is 5.75 Å². The Bertz CT molecular complexity index is 851. The maximum Gasteiger partial charge on any atom is 0.407 e. The summed E-state index contributed by atoms with van der Waals surface area (Å²) in [6.45, 7) is 4.73. The summed E-state index contributed by atoms with van der Waals surface area (Å²) >= 11 is 0. The first-order chi connectivity index (χ1) is 16.5. The van der Waals surface area contributed by atoms with Crippen LogP contribution in [0.5, 0.6) is 5.75 Å². The highest BCUT2D eigenvalue weighted by Gasteiger charge is 2.30. The van der Waals surface area contributed by atoms with E-state index in [1.54, 1.807) is 39.8 Å². The highest BCUT2D eigenvalue weighted by Crippen LogP contribution is 2.29. The molecule has 0 aliphatic heterocycles. The Morgan fingerprint density at radius 2 is 1.80 bits per heavy atom. The van der Waals surface area contributed by atoms with Crippen LogP contribution in [0.15, 0.2) is 24.3 Å². The molecule has 2 N–H and O–H groups in total. The van der Waals surface area contributed by atoms with E-state index in [1.165, 1.54) is 12.1 Å². The van der Waals surface area contributed by atoms with E-state index in [2.05, 4.69) is 15.4 Å². The number of benzene rings is 1. The van der Waals surface area contributed by atoms with Crippen molar-refractivity contribution in [3.63, 3.8) is 0 Å². The van der Waals surface area contributed by atoms with E-state index >= 15 is 0 Å². The van der Waals surface area contributed by atoms with Gasteiger partial charge in [-0.15, -0.1) is 0 Å². The van der Waals surface area contributed by atoms with Gasteiger partial charge in [0.15, 0.2) is 0 Å². The Morgan fingerprint density at radius 1 is 1.11 bits per heavy atom. The zero-order valence-corrected chi connectivity index (χ0v) is 20.8. The van der Waals surface area contributed by atoms with Crippen molar-refractivity contribution in [1.82, 2.24) is 10.6 Å². The van der Waals surface area contributed by atoms with Gasteiger partial charge in [0, 0.05) is 18.9 Å². The molecule has 2 rings (SSSR count). The highest BCUT2D eigenvalue weighted by molar-refractivity contribution is 5.86. The molecule has 8 nitrogen and oxygen atoms in total. The predicted octanol–water partition coefficient (Wildman–Crippen LogP) is 4.21. The number of halogens is 2. The summed E-state index contributed by atoms with van der Waals surface area (Å²) in [5.74, 6) is -0.884. The van der Waals surface area contributed by atoms with Crippen molar-refractivity contribution < 1.29 is 37.4 Å². The molecule has 1 aromatic carbocycles. The van der Waals surface area contributed by atoms with Gasteiger partial charge in [-0.05, 0) is 77.0 Å².